The molecule has 0 radical (unpaired) electrons. The van der Waals surface area contributed by atoms with Gasteiger partial charge in [0.1, 0.15) is 16.8 Å². The van der Waals surface area contributed by atoms with Gasteiger partial charge in [-0.3, -0.25) is 4.79 Å². The van der Waals surface area contributed by atoms with Gasteiger partial charge in [0.15, 0.2) is 0 Å². The first-order valence-electron chi connectivity index (χ1n) is 9.38. The van der Waals surface area contributed by atoms with Gasteiger partial charge in [-0.25, -0.2) is 4.98 Å². The quantitative estimate of drug-likeness (QED) is 0.525. The summed E-state index contributed by atoms with van der Waals surface area (Å²) in [6.45, 7) is 5.81. The molecule has 2 aromatic heterocycles. The summed E-state index contributed by atoms with van der Waals surface area (Å²) in [5.41, 5.74) is 2.67. The van der Waals surface area contributed by atoms with Gasteiger partial charge < -0.3 is 10.1 Å². The van der Waals surface area contributed by atoms with Crippen LogP contribution in [0.2, 0.25) is 0 Å². The van der Waals surface area contributed by atoms with E-state index in [4.69, 9.17) is 9.72 Å². The zero-order valence-corrected chi connectivity index (χ0v) is 19.0. The molecule has 0 bridgehead atoms. The summed E-state index contributed by atoms with van der Waals surface area (Å²) < 4.78 is 5.24. The van der Waals surface area contributed by atoms with E-state index in [9.17, 15) is 10.1 Å². The minimum Gasteiger partial charge on any atom is -0.497 e. The third-order valence-corrected chi connectivity index (χ3v) is 6.00. The molecule has 0 fully saturated rings. The van der Waals surface area contributed by atoms with E-state index in [-0.39, 0.29) is 17.2 Å². The Morgan fingerprint density at radius 1 is 1.27 bits per heavy atom. The number of carbonyl (C=O) groups is 1. The van der Waals surface area contributed by atoms with E-state index in [0.717, 1.165) is 27.4 Å². The fourth-order valence-electron chi connectivity index (χ4n) is 2.86. The lowest BCUT2D eigenvalue weighted by atomic mass is 10.0. The Hall–Kier alpha value is -2.82. The van der Waals surface area contributed by atoms with Crippen molar-refractivity contribution in [3.05, 3.63) is 53.4 Å². The molecular formula is C23H23N3O2S2. The number of carbonyl (C=O) groups excluding carboxylic acids is 1. The summed E-state index contributed by atoms with van der Waals surface area (Å²) in [6.07, 6.45) is 0. The van der Waals surface area contributed by atoms with Gasteiger partial charge in [0.05, 0.1) is 24.1 Å². The molecule has 1 amide bonds. The summed E-state index contributed by atoms with van der Waals surface area (Å²) in [5.74, 6) is 0.861. The molecule has 1 N–H and O–H groups in total. The number of rotatable bonds is 6. The number of methoxy groups -OCH3 is 1. The van der Waals surface area contributed by atoms with Crippen LogP contribution in [0.3, 0.4) is 0 Å². The number of thioether (sulfide) groups is 1. The lowest BCUT2D eigenvalue weighted by Gasteiger charge is -2.20. The Balaban J connectivity index is 2.02. The van der Waals surface area contributed by atoms with Crippen molar-refractivity contribution in [1.29, 1.82) is 5.26 Å². The fraction of sp³-hybridized carbons (Fsp3) is 0.261. The van der Waals surface area contributed by atoms with Gasteiger partial charge in [0.25, 0.3) is 0 Å². The van der Waals surface area contributed by atoms with Crippen LogP contribution in [0.5, 0.6) is 5.75 Å². The van der Waals surface area contributed by atoms with Crippen molar-refractivity contribution >= 4 is 29.0 Å². The average Bonchev–Trinajstić information content (AvgIpc) is 3.25. The largest absolute Gasteiger partial charge is 0.497 e. The normalized spacial score (nSPS) is 11.0. The fourth-order valence-corrected chi connectivity index (χ4v) is 4.41. The second-order valence-electron chi connectivity index (χ2n) is 7.64. The smallest absolute Gasteiger partial charge is 0.230 e. The SMILES string of the molecule is COc1ccc(-c2cc(-c3cccs3)c(C#N)c(SCC(=O)NC(C)(C)C)n2)cc1. The number of thiophene rings is 1. The van der Waals surface area contributed by atoms with Gasteiger partial charge in [-0.05, 0) is 62.5 Å². The highest BCUT2D eigenvalue weighted by atomic mass is 32.2. The zero-order chi connectivity index (χ0) is 21.7. The maximum Gasteiger partial charge on any atom is 0.230 e. The van der Waals surface area contributed by atoms with Crippen LogP contribution in [0.4, 0.5) is 0 Å². The molecule has 154 valence electrons. The molecule has 0 unspecified atom stereocenters. The zero-order valence-electron chi connectivity index (χ0n) is 17.4. The Morgan fingerprint density at radius 3 is 2.57 bits per heavy atom. The van der Waals surface area contributed by atoms with Crippen LogP contribution in [0, 0.1) is 11.3 Å². The number of nitrogens with zero attached hydrogens (tertiary/aromatic N) is 2. The molecule has 30 heavy (non-hydrogen) atoms. The van der Waals surface area contributed by atoms with Crippen molar-refractivity contribution in [3.63, 3.8) is 0 Å². The first-order chi connectivity index (χ1) is 14.3. The van der Waals surface area contributed by atoms with E-state index in [1.807, 2.05) is 68.6 Å². The van der Waals surface area contributed by atoms with Gasteiger partial charge in [-0.1, -0.05) is 17.8 Å². The van der Waals surface area contributed by atoms with Crippen molar-refractivity contribution in [2.75, 3.05) is 12.9 Å². The molecule has 0 aliphatic carbocycles. The standard InChI is InChI=1S/C23H23N3O2S2/c1-23(2,3)26-21(27)14-30-22-18(13-24)17(20-6-5-11-29-20)12-19(25-22)15-7-9-16(28-4)10-8-15/h5-12H,14H2,1-4H3,(H,26,27). The van der Waals surface area contributed by atoms with Crippen LogP contribution >= 0.6 is 23.1 Å². The van der Waals surface area contributed by atoms with Gasteiger partial charge in [-0.15, -0.1) is 11.3 Å². The molecule has 1 aromatic carbocycles. The summed E-state index contributed by atoms with van der Waals surface area (Å²) in [6, 6.07) is 15.8. The lowest BCUT2D eigenvalue weighted by molar-refractivity contribution is -0.119. The number of nitrogens with one attached hydrogen (secondary N) is 1. The third kappa shape index (κ3) is 5.41. The summed E-state index contributed by atoms with van der Waals surface area (Å²) in [7, 11) is 1.63. The number of pyridine rings is 1. The number of benzene rings is 1. The molecule has 7 heteroatoms. The van der Waals surface area contributed by atoms with E-state index in [1.165, 1.54) is 11.8 Å². The first-order valence-corrected chi connectivity index (χ1v) is 11.2. The maximum absolute atomic E-state index is 12.3. The molecule has 3 rings (SSSR count). The first kappa shape index (κ1) is 21.9. The Morgan fingerprint density at radius 2 is 2.00 bits per heavy atom. The van der Waals surface area contributed by atoms with Gasteiger partial charge in [-0.2, -0.15) is 5.26 Å². The highest BCUT2D eigenvalue weighted by molar-refractivity contribution is 8.00. The molecule has 2 heterocycles. The van der Waals surface area contributed by atoms with E-state index < -0.39 is 0 Å². The van der Waals surface area contributed by atoms with Crippen LogP contribution in [-0.4, -0.2) is 29.3 Å². The third-order valence-electron chi connectivity index (χ3n) is 4.12. The Bertz CT molecular complexity index is 1060. The second-order valence-corrected chi connectivity index (χ2v) is 9.55. The molecule has 0 aliphatic rings. The Kier molecular flexibility index (Phi) is 6.80. The van der Waals surface area contributed by atoms with Crippen LogP contribution in [0.25, 0.3) is 21.7 Å². The molecule has 0 saturated carbocycles. The number of hydrogen-bond donors (Lipinski definition) is 1. The highest BCUT2D eigenvalue weighted by Crippen LogP contribution is 2.36. The molecule has 3 aromatic rings. The minimum atomic E-state index is -0.309. The average molecular weight is 438 g/mol. The topological polar surface area (TPSA) is 75.0 Å². The van der Waals surface area contributed by atoms with E-state index >= 15 is 0 Å². The van der Waals surface area contributed by atoms with Crippen molar-refractivity contribution in [2.24, 2.45) is 0 Å². The summed E-state index contributed by atoms with van der Waals surface area (Å²) in [4.78, 5) is 18.0. The molecular weight excluding hydrogens is 414 g/mol. The molecule has 0 aliphatic heterocycles. The van der Waals surface area contributed by atoms with Gasteiger partial charge in [0.2, 0.25) is 5.91 Å². The second kappa shape index (κ2) is 9.33. The van der Waals surface area contributed by atoms with Crippen molar-refractivity contribution in [1.82, 2.24) is 10.3 Å². The highest BCUT2D eigenvalue weighted by Gasteiger charge is 2.19. The van der Waals surface area contributed by atoms with E-state index in [2.05, 4.69) is 11.4 Å². The van der Waals surface area contributed by atoms with Crippen molar-refractivity contribution in [3.8, 4) is 33.5 Å². The van der Waals surface area contributed by atoms with Gasteiger partial charge in [0, 0.05) is 21.5 Å². The van der Waals surface area contributed by atoms with E-state index in [1.54, 1.807) is 18.4 Å². The van der Waals surface area contributed by atoms with Gasteiger partial charge >= 0.3 is 0 Å². The number of hydrogen-bond acceptors (Lipinski definition) is 6. The monoisotopic (exact) mass is 437 g/mol. The number of amides is 1. The van der Waals surface area contributed by atoms with Crippen LogP contribution < -0.4 is 10.1 Å². The molecule has 0 atom stereocenters. The van der Waals surface area contributed by atoms with Crippen molar-refractivity contribution < 1.29 is 9.53 Å². The predicted molar refractivity (Wildman–Crippen MR) is 123 cm³/mol. The number of aromatic nitrogens is 1. The number of ether oxygens (including phenoxy) is 1. The van der Waals surface area contributed by atoms with Crippen LogP contribution in [-0.2, 0) is 4.79 Å². The summed E-state index contributed by atoms with van der Waals surface area (Å²) >= 11 is 2.85. The van der Waals surface area contributed by atoms with Crippen LogP contribution in [0.1, 0.15) is 26.3 Å². The lowest BCUT2D eigenvalue weighted by Crippen LogP contribution is -2.41. The molecule has 5 nitrogen and oxygen atoms in total. The molecule has 0 spiro atoms. The number of nitriles is 1. The van der Waals surface area contributed by atoms with E-state index in [0.29, 0.717) is 10.6 Å². The maximum atomic E-state index is 12.3. The minimum absolute atomic E-state index is 0.0919. The summed E-state index contributed by atoms with van der Waals surface area (Å²) in [5, 5.41) is 15.3. The van der Waals surface area contributed by atoms with Crippen molar-refractivity contribution in [2.45, 2.75) is 31.3 Å². The molecule has 0 saturated heterocycles. The predicted octanol–water partition coefficient (Wildman–Crippen LogP) is 5.36. The van der Waals surface area contributed by atoms with Crippen LogP contribution in [0.15, 0.2) is 52.9 Å². The Labute approximate surface area is 185 Å².